The minimum Gasteiger partial charge on any atom is -0.512 e. The Morgan fingerprint density at radius 1 is 0.310 bits per heavy atom. The Kier molecular flexibility index (Phi) is 51.3. The van der Waals surface area contributed by atoms with Gasteiger partial charge >= 0.3 is 0 Å². The molecule has 0 unspecified atom stereocenters. The van der Waals surface area contributed by atoms with E-state index in [1.807, 2.05) is 83.1 Å². The number of fused-ring (bicyclic) bond motifs is 3. The second kappa shape index (κ2) is 58.0. The number of nitrogens with zero attached hydrogens (tertiary/aromatic N) is 3. The predicted molar refractivity (Wildman–Crippen MR) is 523 cm³/mol. The predicted octanol–water partition coefficient (Wildman–Crippen LogP) is 32.1. The second-order valence-corrected chi connectivity index (χ2v) is 36.1. The zero-order chi connectivity index (χ0) is 89.8. The molecule has 0 saturated heterocycles. The molecule has 3 aromatic heterocycles. The normalized spacial score (nSPS) is 14.3. The third-order valence-corrected chi connectivity index (χ3v) is 26.9. The van der Waals surface area contributed by atoms with Crippen molar-refractivity contribution < 1.29 is 90.0 Å². The molecule has 3 N–H and O–H groups in total. The Balaban J connectivity index is 0.000000320. The van der Waals surface area contributed by atoms with Crippen LogP contribution in [0.4, 0.5) is 0 Å². The van der Waals surface area contributed by atoms with Gasteiger partial charge in [0.25, 0.3) is 0 Å². The van der Waals surface area contributed by atoms with Crippen LogP contribution in [0.2, 0.25) is 0 Å². The maximum atomic E-state index is 12.1. The summed E-state index contributed by atoms with van der Waals surface area (Å²) in [6.45, 7) is 42.3. The van der Waals surface area contributed by atoms with Gasteiger partial charge in [-0.05, 0) is 187 Å². The maximum Gasteiger partial charge on any atom is 0.164 e. The topological polar surface area (TPSA) is 151 Å². The molecule has 0 bridgehead atoms. The summed E-state index contributed by atoms with van der Waals surface area (Å²) in [5.41, 5.74) is 23.1. The van der Waals surface area contributed by atoms with Gasteiger partial charge in [-0.15, -0.1) is 105 Å². The molecule has 0 atom stereocenters. The minimum absolute atomic E-state index is 0. The number of aliphatic hydroxyl groups excluding tert-OH is 3. The molecule has 12 rings (SSSR count). The quantitative estimate of drug-likeness (QED) is 0.0173. The molecule has 126 heavy (non-hydrogen) atoms. The first-order valence-electron chi connectivity index (χ1n) is 48.2. The standard InChI is InChI=1S/C25H28N.C24H26N.C23H24N.3C14H26O2.3Ir/c1-18-14-19(2)16-22(15-18)24-13-12-23-21(10-7-11-25(23)26-24)17-20-8-5-3-4-6-9-20;1-17-13-18(2)15-21(14-17)23-12-11-22-20(9-6-10-24(22)25-23)16-19-7-4-3-5-8-19;1-16-12-17(2)14-20(13-16)22-11-10-21-19(8-5-9-23(21)24-22)15-18-6-3-4-7-18;3*1-6-11(7-2)13(15)10(5)14(16)12(8-3)9-4;;;/h7,10-15,20H,3-6,8-9,17H2,1-2H3;6,9-14,19H,3-5,7-8,16H2,1-2H3;5,8-13,18H,3-4,6-7,15H2,1-2H3;3*11-12,15H,6-9H2,1-5H3;;;/q3*-1;;;;;;. The number of benzene rings is 6. The summed E-state index contributed by atoms with van der Waals surface area (Å²) >= 11 is 0. The number of rotatable bonds is 30. The average molecular weight is 2240 g/mol. The summed E-state index contributed by atoms with van der Waals surface area (Å²) in [5, 5.41) is 34.1. The van der Waals surface area contributed by atoms with Crippen LogP contribution in [0.1, 0.15) is 327 Å². The Hall–Kier alpha value is -6.87. The number of carbonyl (C=O) groups is 3. The van der Waals surface area contributed by atoms with E-state index < -0.39 is 0 Å². The van der Waals surface area contributed by atoms with Gasteiger partial charge in [0.1, 0.15) is 17.3 Å². The van der Waals surface area contributed by atoms with Crippen LogP contribution in [-0.2, 0) is 94.0 Å². The number of aromatic nitrogens is 3. The molecule has 12 heteroatoms. The number of carbonyl (C=O) groups excluding carboxylic acids is 3. The Morgan fingerprint density at radius 2 is 0.524 bits per heavy atom. The zero-order valence-electron chi connectivity index (χ0n) is 80.9. The van der Waals surface area contributed by atoms with Gasteiger partial charge in [-0.3, -0.25) is 29.3 Å². The molecule has 0 amide bonds. The summed E-state index contributed by atoms with van der Waals surface area (Å²) in [6.07, 6.45) is 35.0. The molecule has 0 aliphatic heterocycles. The van der Waals surface area contributed by atoms with Gasteiger partial charge in [0.2, 0.25) is 0 Å². The van der Waals surface area contributed by atoms with Gasteiger partial charge < -0.3 is 15.3 Å². The van der Waals surface area contributed by atoms with E-state index in [2.05, 4.69) is 187 Å². The first-order chi connectivity index (χ1) is 59.1. The van der Waals surface area contributed by atoms with E-state index in [1.165, 1.54) is 182 Å². The number of pyridine rings is 3. The van der Waals surface area contributed by atoms with E-state index in [0.717, 1.165) is 145 Å². The third kappa shape index (κ3) is 33.2. The molecule has 9 aromatic rings. The summed E-state index contributed by atoms with van der Waals surface area (Å²) in [6, 6.07) is 56.4. The van der Waals surface area contributed by atoms with Crippen molar-refractivity contribution in [1.29, 1.82) is 0 Å². The van der Waals surface area contributed by atoms with Gasteiger partial charge in [-0.25, -0.2) is 0 Å². The van der Waals surface area contributed by atoms with Gasteiger partial charge in [0, 0.05) is 129 Å². The fourth-order valence-corrected chi connectivity index (χ4v) is 19.1. The molecule has 3 heterocycles. The van der Waals surface area contributed by atoms with Crippen molar-refractivity contribution in [3.05, 3.63) is 230 Å². The largest absolute Gasteiger partial charge is 0.512 e. The van der Waals surface area contributed by atoms with Crippen LogP contribution in [0.5, 0.6) is 0 Å². The summed E-state index contributed by atoms with van der Waals surface area (Å²) in [4.78, 5) is 51.0. The van der Waals surface area contributed by atoms with E-state index in [1.54, 1.807) is 20.8 Å². The van der Waals surface area contributed by atoms with E-state index in [-0.39, 0.29) is 113 Å². The van der Waals surface area contributed by atoms with Crippen LogP contribution >= 0.6 is 0 Å². The number of hydrogen-bond acceptors (Lipinski definition) is 9. The van der Waals surface area contributed by atoms with Crippen molar-refractivity contribution in [2.24, 2.45) is 53.3 Å². The van der Waals surface area contributed by atoms with Crippen LogP contribution < -0.4 is 0 Å². The van der Waals surface area contributed by atoms with Gasteiger partial charge in [-0.2, -0.15) is 0 Å². The fraction of sp³-hybridized carbons (Fsp3) is 0.526. The summed E-state index contributed by atoms with van der Waals surface area (Å²) in [5.74, 6) is 4.45. The molecule has 3 fully saturated rings. The third-order valence-electron chi connectivity index (χ3n) is 26.9. The molecule has 3 saturated carbocycles. The van der Waals surface area contributed by atoms with Crippen molar-refractivity contribution in [3.8, 4) is 33.8 Å². The van der Waals surface area contributed by atoms with E-state index in [4.69, 9.17) is 15.0 Å². The molecular formula is C114H156Ir3N3O6-3. The summed E-state index contributed by atoms with van der Waals surface area (Å²) in [7, 11) is 0. The number of aryl methyl sites for hydroxylation is 6. The van der Waals surface area contributed by atoms with Crippen molar-refractivity contribution in [1.82, 2.24) is 15.0 Å². The number of allylic oxidation sites excluding steroid dienone is 6. The van der Waals surface area contributed by atoms with Gasteiger partial charge in [-0.1, -0.05) is 294 Å². The van der Waals surface area contributed by atoms with Crippen molar-refractivity contribution in [2.75, 3.05) is 0 Å². The fourth-order valence-electron chi connectivity index (χ4n) is 19.1. The number of Topliss-reactive ketones (excluding diaryl/α,β-unsaturated/α-hetero) is 3. The first-order valence-corrected chi connectivity index (χ1v) is 48.2. The average Bonchev–Trinajstić information content (AvgIpc) is 0.875. The van der Waals surface area contributed by atoms with Crippen LogP contribution in [0.3, 0.4) is 0 Å². The van der Waals surface area contributed by atoms with Crippen LogP contribution in [0, 0.1) is 113 Å². The maximum absolute atomic E-state index is 12.1. The molecular weight excluding hydrogens is 2080 g/mol. The monoisotopic (exact) mass is 2240 g/mol. The molecule has 3 radical (unpaired) electrons. The zero-order valence-corrected chi connectivity index (χ0v) is 88.1. The molecule has 3 aliphatic rings. The van der Waals surface area contributed by atoms with E-state index in [0.29, 0.717) is 34.0 Å². The first kappa shape index (κ1) is 111. The van der Waals surface area contributed by atoms with Crippen LogP contribution in [-0.4, -0.2) is 47.6 Å². The van der Waals surface area contributed by atoms with Gasteiger partial charge in [0.05, 0.1) is 16.6 Å². The van der Waals surface area contributed by atoms with Crippen LogP contribution in [0.15, 0.2) is 161 Å². The van der Waals surface area contributed by atoms with Gasteiger partial charge in [0.15, 0.2) is 17.3 Å². The van der Waals surface area contributed by atoms with Crippen molar-refractivity contribution >= 4 is 50.1 Å². The second-order valence-electron chi connectivity index (χ2n) is 36.1. The smallest absolute Gasteiger partial charge is 0.164 e. The molecule has 9 nitrogen and oxygen atoms in total. The minimum atomic E-state index is 0. The van der Waals surface area contributed by atoms with Crippen molar-refractivity contribution in [2.45, 2.75) is 338 Å². The van der Waals surface area contributed by atoms with E-state index >= 15 is 0 Å². The van der Waals surface area contributed by atoms with Crippen LogP contribution in [0.25, 0.3) is 66.5 Å². The Morgan fingerprint density at radius 3 is 0.738 bits per heavy atom. The summed E-state index contributed by atoms with van der Waals surface area (Å²) < 4.78 is 0. The Labute approximate surface area is 803 Å². The van der Waals surface area contributed by atoms with Crippen molar-refractivity contribution in [3.63, 3.8) is 0 Å². The number of hydrogen-bond donors (Lipinski definition) is 3. The SMILES string of the molecule is CCC(CC)C(=O)C(C)=C(O)C(CC)CC.CCC(CC)C(=O)C(C)=C(O)C(CC)CC.CCC(CC)C(=O)C(C)=C(O)C(CC)CC.Cc1[c-]c(-c2ccc3c(CC4CCCC4)cccc3n2)cc(C)c1.Cc1[c-]c(-c2ccc3c(CC4CCCCC4)cccc3n2)cc(C)c1.Cc1[c-]c(-c2ccc3c(CC4CCCCCC4)cccc3n2)cc(C)c1.[Ir].[Ir].[Ir]. The number of aliphatic hydroxyl groups is 3. The van der Waals surface area contributed by atoms with E-state index in [9.17, 15) is 29.7 Å². The Bertz CT molecular complexity index is 4720. The molecule has 0 spiro atoms. The number of ketones is 3. The molecule has 3 aliphatic carbocycles. The molecule has 693 valence electrons. The molecule has 6 aromatic carbocycles.